The number of aliphatic carboxylic acids is 1. The number of carbonyl (C=O) groups excluding carboxylic acids is 1. The maximum atomic E-state index is 13.6. The van der Waals surface area contributed by atoms with Crippen molar-refractivity contribution in [3.05, 3.63) is 35.4 Å². The van der Waals surface area contributed by atoms with Gasteiger partial charge in [-0.15, -0.1) is 0 Å². The zero-order valence-corrected chi connectivity index (χ0v) is 11.0. The van der Waals surface area contributed by atoms with Crippen molar-refractivity contribution in [1.82, 2.24) is 4.90 Å². The Balaban J connectivity index is 2.16. The van der Waals surface area contributed by atoms with Gasteiger partial charge in [-0.3, -0.25) is 9.59 Å². The van der Waals surface area contributed by atoms with Crippen LogP contribution in [0.3, 0.4) is 0 Å². The maximum absolute atomic E-state index is 13.6. The van der Waals surface area contributed by atoms with Gasteiger partial charge in [0, 0.05) is 18.7 Å². The molecule has 6 heteroatoms. The van der Waals surface area contributed by atoms with Crippen LogP contribution >= 0.6 is 0 Å². The van der Waals surface area contributed by atoms with Gasteiger partial charge in [-0.05, 0) is 25.5 Å². The number of halogens is 2. The van der Waals surface area contributed by atoms with Gasteiger partial charge in [-0.1, -0.05) is 6.07 Å². The van der Waals surface area contributed by atoms with E-state index in [4.69, 9.17) is 5.11 Å². The summed E-state index contributed by atoms with van der Waals surface area (Å²) in [5, 5.41) is 8.90. The Morgan fingerprint density at radius 2 is 1.95 bits per heavy atom. The Kier molecular flexibility index (Phi) is 4.01. The van der Waals surface area contributed by atoms with Crippen LogP contribution in [-0.4, -0.2) is 35.0 Å². The molecule has 1 aromatic rings. The number of carboxylic acid groups (broad SMARTS) is 1. The lowest BCUT2D eigenvalue weighted by molar-refractivity contribution is -0.141. The monoisotopic (exact) mass is 283 g/mol. The Morgan fingerprint density at radius 1 is 1.35 bits per heavy atom. The molecule has 0 aromatic heterocycles. The Hall–Kier alpha value is -1.98. The molecule has 1 aliphatic heterocycles. The first-order valence-corrected chi connectivity index (χ1v) is 6.37. The number of rotatable bonds is 3. The molecule has 2 rings (SSSR count). The summed E-state index contributed by atoms with van der Waals surface area (Å²) in [5.74, 6) is -4.50. The summed E-state index contributed by atoms with van der Waals surface area (Å²) in [5.41, 5.74) is -0.267. The number of amides is 1. The van der Waals surface area contributed by atoms with E-state index in [0.717, 1.165) is 12.1 Å². The van der Waals surface area contributed by atoms with Crippen molar-refractivity contribution in [3.63, 3.8) is 0 Å². The molecule has 0 radical (unpaired) electrons. The zero-order chi connectivity index (χ0) is 14.9. The number of nitrogens with zero attached hydrogens (tertiary/aromatic N) is 1. The minimum Gasteiger partial charge on any atom is -0.481 e. The number of hydrogen-bond donors (Lipinski definition) is 1. The van der Waals surface area contributed by atoms with Crippen LogP contribution in [0.1, 0.15) is 24.8 Å². The van der Waals surface area contributed by atoms with E-state index in [2.05, 4.69) is 0 Å². The van der Waals surface area contributed by atoms with E-state index in [9.17, 15) is 18.4 Å². The van der Waals surface area contributed by atoms with Crippen LogP contribution in [0.15, 0.2) is 18.2 Å². The molecule has 2 atom stereocenters. The maximum Gasteiger partial charge on any atom is 0.308 e. The lowest BCUT2D eigenvalue weighted by atomic mass is 9.98. The summed E-state index contributed by atoms with van der Waals surface area (Å²) >= 11 is 0. The first-order chi connectivity index (χ1) is 9.41. The SMILES string of the molecule is CC(C(=O)N1CCC(C(=O)O)C1)c1c(F)cccc1F. The summed E-state index contributed by atoms with van der Waals surface area (Å²) in [6.45, 7) is 1.82. The smallest absolute Gasteiger partial charge is 0.308 e. The van der Waals surface area contributed by atoms with Gasteiger partial charge in [0.15, 0.2) is 0 Å². The lowest BCUT2D eigenvalue weighted by Crippen LogP contribution is -2.33. The molecule has 108 valence electrons. The molecule has 0 saturated carbocycles. The molecule has 1 heterocycles. The van der Waals surface area contributed by atoms with E-state index in [1.165, 1.54) is 17.9 Å². The van der Waals surface area contributed by atoms with Gasteiger partial charge in [0.05, 0.1) is 11.8 Å². The van der Waals surface area contributed by atoms with Crippen LogP contribution < -0.4 is 0 Å². The van der Waals surface area contributed by atoms with Gasteiger partial charge in [0.1, 0.15) is 11.6 Å². The topological polar surface area (TPSA) is 57.6 Å². The average molecular weight is 283 g/mol. The molecule has 1 aromatic carbocycles. The summed E-state index contributed by atoms with van der Waals surface area (Å²) in [6, 6.07) is 3.44. The molecule has 1 N–H and O–H groups in total. The predicted octanol–water partition coefficient (Wildman–Crippen LogP) is 2.00. The molecule has 1 amide bonds. The predicted molar refractivity (Wildman–Crippen MR) is 67.1 cm³/mol. The fourth-order valence-electron chi connectivity index (χ4n) is 2.48. The highest BCUT2D eigenvalue weighted by Crippen LogP contribution is 2.27. The van der Waals surface area contributed by atoms with E-state index in [0.29, 0.717) is 13.0 Å². The fourth-order valence-corrected chi connectivity index (χ4v) is 2.48. The molecule has 1 fully saturated rings. The van der Waals surface area contributed by atoms with E-state index in [-0.39, 0.29) is 12.1 Å². The lowest BCUT2D eigenvalue weighted by Gasteiger charge is -2.21. The standard InChI is InChI=1S/C14H15F2NO3/c1-8(12-10(15)3-2-4-11(12)16)13(18)17-6-5-9(7-17)14(19)20/h2-4,8-9H,5-7H2,1H3,(H,19,20). The molecular weight excluding hydrogens is 268 g/mol. The first kappa shape index (κ1) is 14.4. The molecule has 20 heavy (non-hydrogen) atoms. The number of carboxylic acids is 1. The second-order valence-corrected chi connectivity index (χ2v) is 4.97. The highest BCUT2D eigenvalue weighted by molar-refractivity contribution is 5.84. The summed E-state index contributed by atoms with van der Waals surface area (Å²) < 4.78 is 27.3. The highest BCUT2D eigenvalue weighted by atomic mass is 19.1. The Morgan fingerprint density at radius 3 is 2.45 bits per heavy atom. The third kappa shape index (κ3) is 2.64. The quantitative estimate of drug-likeness (QED) is 0.923. The highest BCUT2D eigenvalue weighted by Gasteiger charge is 2.34. The van der Waals surface area contributed by atoms with Crippen molar-refractivity contribution in [2.75, 3.05) is 13.1 Å². The molecular formula is C14H15F2NO3. The van der Waals surface area contributed by atoms with Gasteiger partial charge in [-0.25, -0.2) is 8.78 Å². The van der Waals surface area contributed by atoms with Gasteiger partial charge >= 0.3 is 5.97 Å². The number of carbonyl (C=O) groups is 2. The normalized spacial score (nSPS) is 19.9. The molecule has 2 unspecified atom stereocenters. The zero-order valence-electron chi connectivity index (χ0n) is 11.0. The molecule has 0 bridgehead atoms. The number of likely N-dealkylation sites (tertiary alicyclic amines) is 1. The van der Waals surface area contributed by atoms with Crippen LogP contribution in [0.4, 0.5) is 8.78 Å². The van der Waals surface area contributed by atoms with E-state index in [1.807, 2.05) is 0 Å². The van der Waals surface area contributed by atoms with Crippen molar-refractivity contribution >= 4 is 11.9 Å². The third-order valence-corrected chi connectivity index (χ3v) is 3.65. The van der Waals surface area contributed by atoms with Crippen molar-refractivity contribution in [3.8, 4) is 0 Å². The van der Waals surface area contributed by atoms with Gasteiger partial charge < -0.3 is 10.0 Å². The molecule has 1 saturated heterocycles. The van der Waals surface area contributed by atoms with Gasteiger partial charge in [0.2, 0.25) is 5.91 Å². The molecule has 0 spiro atoms. The second-order valence-electron chi connectivity index (χ2n) is 4.97. The minimum absolute atomic E-state index is 0.0918. The van der Waals surface area contributed by atoms with Crippen molar-refractivity contribution in [2.24, 2.45) is 5.92 Å². The fraction of sp³-hybridized carbons (Fsp3) is 0.429. The number of hydrogen-bond acceptors (Lipinski definition) is 2. The van der Waals surface area contributed by atoms with Gasteiger partial charge in [0.25, 0.3) is 0 Å². The molecule has 4 nitrogen and oxygen atoms in total. The Bertz CT molecular complexity index is 527. The minimum atomic E-state index is -0.969. The average Bonchev–Trinajstić information content (AvgIpc) is 2.87. The van der Waals surface area contributed by atoms with Crippen LogP contribution in [0.25, 0.3) is 0 Å². The van der Waals surface area contributed by atoms with Crippen molar-refractivity contribution in [2.45, 2.75) is 19.3 Å². The van der Waals surface area contributed by atoms with Gasteiger partial charge in [-0.2, -0.15) is 0 Å². The van der Waals surface area contributed by atoms with Crippen LogP contribution in [0, 0.1) is 17.6 Å². The Labute approximate surface area is 115 Å². The molecule has 1 aliphatic rings. The third-order valence-electron chi connectivity index (χ3n) is 3.65. The van der Waals surface area contributed by atoms with E-state index in [1.54, 1.807) is 0 Å². The van der Waals surface area contributed by atoms with Crippen LogP contribution in [0.5, 0.6) is 0 Å². The summed E-state index contributed by atoms with van der Waals surface area (Å²) in [7, 11) is 0. The summed E-state index contributed by atoms with van der Waals surface area (Å²) in [6.07, 6.45) is 0.369. The van der Waals surface area contributed by atoms with Crippen molar-refractivity contribution in [1.29, 1.82) is 0 Å². The van der Waals surface area contributed by atoms with E-state index < -0.39 is 35.3 Å². The van der Waals surface area contributed by atoms with Crippen LogP contribution in [-0.2, 0) is 9.59 Å². The summed E-state index contributed by atoms with van der Waals surface area (Å²) in [4.78, 5) is 24.4. The number of benzene rings is 1. The largest absolute Gasteiger partial charge is 0.481 e. The van der Waals surface area contributed by atoms with E-state index >= 15 is 0 Å². The second kappa shape index (κ2) is 5.56. The van der Waals surface area contributed by atoms with Crippen LogP contribution in [0.2, 0.25) is 0 Å². The first-order valence-electron chi connectivity index (χ1n) is 6.37. The van der Waals surface area contributed by atoms with Crippen molar-refractivity contribution < 1.29 is 23.5 Å². The molecule has 0 aliphatic carbocycles.